The van der Waals surface area contributed by atoms with Gasteiger partial charge < -0.3 is 44.0 Å². The maximum Gasteiger partial charge on any atom is 0.340 e. The quantitative estimate of drug-likeness (QED) is 0.160. The number of nitrogens with zero attached hydrogens (tertiary/aromatic N) is 3. The second kappa shape index (κ2) is 10.7. The normalized spacial score (nSPS) is 24.8. The maximum atomic E-state index is 13.3. The van der Waals surface area contributed by atoms with Crippen LogP contribution in [0.1, 0.15) is 24.8 Å². The van der Waals surface area contributed by atoms with Crippen molar-refractivity contribution in [2.24, 2.45) is 0 Å². The number of ether oxygens (including phenoxy) is 1. The average molecular weight is 581 g/mol. The van der Waals surface area contributed by atoms with Gasteiger partial charge in [-0.25, -0.2) is 9.37 Å². The van der Waals surface area contributed by atoms with Crippen molar-refractivity contribution in [3.8, 4) is 0 Å². The molecule has 0 spiro atoms. The molecule has 1 aromatic carbocycles. The van der Waals surface area contributed by atoms with Crippen molar-refractivity contribution in [2.45, 2.75) is 37.5 Å². The van der Waals surface area contributed by atoms with Crippen LogP contribution in [0.25, 0.3) is 11.0 Å². The largest absolute Gasteiger partial charge is 0.387 e. The average Bonchev–Trinajstić information content (AvgIpc) is 3.32. The highest BCUT2D eigenvalue weighted by Gasteiger charge is 2.45. The van der Waals surface area contributed by atoms with Crippen LogP contribution in [0.3, 0.4) is 0 Å². The van der Waals surface area contributed by atoms with Crippen molar-refractivity contribution in [2.75, 3.05) is 17.8 Å². The van der Waals surface area contributed by atoms with E-state index in [9.17, 15) is 28.6 Å². The lowest BCUT2D eigenvalue weighted by Crippen LogP contribution is -2.33. The number of hydrogen-bond donors (Lipinski definition) is 6. The van der Waals surface area contributed by atoms with Crippen molar-refractivity contribution in [1.29, 1.82) is 0 Å². The van der Waals surface area contributed by atoms with E-state index in [-0.39, 0.29) is 22.8 Å². The fraction of sp³-hybridized carbons (Fsp3) is 0.400. The minimum atomic E-state index is -4.84. The standard InChI is InChI=1S/C20H24ClFN4O9P2/c1-10(11-2-4-12(22)5-3-11)23-17-13-6-7-26(18(13)25-20(21)24-17)19-16(28)15(27)14(35-19)8-34-37(32,33)9-36(29,30)31/h2-7,10,14-16,19,27-28H,8-9H2,1H3,(H,32,33)(H,23,24,25)(H2,29,30,31)/t10-,14+,15+,16+,19+/m0/s1. The summed E-state index contributed by atoms with van der Waals surface area (Å²) in [5, 5.41) is 24.6. The number of rotatable bonds is 9. The van der Waals surface area contributed by atoms with E-state index in [1.54, 1.807) is 18.2 Å². The highest BCUT2D eigenvalue weighted by Crippen LogP contribution is 2.55. The van der Waals surface area contributed by atoms with E-state index in [0.717, 1.165) is 5.56 Å². The first kappa shape index (κ1) is 28.1. The van der Waals surface area contributed by atoms with E-state index in [4.69, 9.17) is 30.6 Å². The minimum absolute atomic E-state index is 0.132. The summed E-state index contributed by atoms with van der Waals surface area (Å²) >= 11 is 6.14. The molecule has 0 radical (unpaired) electrons. The molecule has 3 aromatic rings. The second-order valence-corrected chi connectivity index (χ2v) is 12.8. The molecule has 1 saturated heterocycles. The molecule has 3 heterocycles. The van der Waals surface area contributed by atoms with Crippen LogP contribution >= 0.6 is 26.8 Å². The number of nitrogens with one attached hydrogen (secondary N) is 1. The van der Waals surface area contributed by atoms with Crippen LogP contribution in [0.2, 0.25) is 5.28 Å². The van der Waals surface area contributed by atoms with E-state index in [1.807, 2.05) is 6.92 Å². The van der Waals surface area contributed by atoms with Crippen molar-refractivity contribution >= 4 is 43.6 Å². The molecule has 1 fully saturated rings. The summed E-state index contributed by atoms with van der Waals surface area (Å²) < 4.78 is 48.0. The van der Waals surface area contributed by atoms with Crippen molar-refractivity contribution in [3.05, 3.63) is 53.2 Å². The van der Waals surface area contributed by atoms with Gasteiger partial charge in [-0.2, -0.15) is 4.98 Å². The predicted molar refractivity (Wildman–Crippen MR) is 130 cm³/mol. The molecule has 1 aliphatic rings. The summed E-state index contributed by atoms with van der Waals surface area (Å²) in [5.74, 6) is -1.43. The summed E-state index contributed by atoms with van der Waals surface area (Å²) in [5.41, 5.74) is 1.02. The van der Waals surface area contributed by atoms with Gasteiger partial charge in [0.15, 0.2) is 12.1 Å². The lowest BCUT2D eigenvalue weighted by atomic mass is 10.1. The zero-order valence-electron chi connectivity index (χ0n) is 19.1. The molecule has 13 nitrogen and oxygen atoms in total. The van der Waals surface area contributed by atoms with Gasteiger partial charge in [0.05, 0.1) is 12.0 Å². The summed E-state index contributed by atoms with van der Waals surface area (Å²) in [6.07, 6.45) is -4.09. The molecule has 202 valence electrons. The summed E-state index contributed by atoms with van der Waals surface area (Å²) in [6, 6.07) is 7.24. The Morgan fingerprint density at radius 3 is 2.49 bits per heavy atom. The van der Waals surface area contributed by atoms with Gasteiger partial charge in [0.1, 0.15) is 35.6 Å². The second-order valence-electron chi connectivity index (χ2n) is 8.50. The first-order valence-corrected chi connectivity index (χ1v) is 14.8. The van der Waals surface area contributed by atoms with Gasteiger partial charge in [-0.1, -0.05) is 12.1 Å². The number of fused-ring (bicyclic) bond motifs is 1. The lowest BCUT2D eigenvalue weighted by Gasteiger charge is -2.19. The van der Waals surface area contributed by atoms with Gasteiger partial charge >= 0.3 is 15.2 Å². The molecule has 1 aliphatic heterocycles. The van der Waals surface area contributed by atoms with Crippen LogP contribution in [0.4, 0.5) is 10.2 Å². The number of aromatic nitrogens is 3. The van der Waals surface area contributed by atoms with Crippen LogP contribution < -0.4 is 5.32 Å². The molecule has 0 aliphatic carbocycles. The lowest BCUT2D eigenvalue weighted by molar-refractivity contribution is -0.0481. The molecule has 0 bridgehead atoms. The Hall–Kier alpha value is -1.96. The van der Waals surface area contributed by atoms with Crippen LogP contribution in [0.5, 0.6) is 0 Å². The third-order valence-corrected chi connectivity index (χ3v) is 9.31. The van der Waals surface area contributed by atoms with E-state index in [2.05, 4.69) is 15.3 Å². The van der Waals surface area contributed by atoms with Gasteiger partial charge in [0.2, 0.25) is 5.28 Å². The molecule has 6 N–H and O–H groups in total. The molecule has 2 aromatic heterocycles. The smallest absolute Gasteiger partial charge is 0.340 e. The number of benzene rings is 1. The van der Waals surface area contributed by atoms with E-state index >= 15 is 0 Å². The Morgan fingerprint density at radius 2 is 1.84 bits per heavy atom. The van der Waals surface area contributed by atoms with Crippen LogP contribution in [0.15, 0.2) is 36.5 Å². The molecular weight excluding hydrogens is 557 g/mol. The highest BCUT2D eigenvalue weighted by molar-refractivity contribution is 7.70. The third kappa shape index (κ3) is 6.55. The van der Waals surface area contributed by atoms with Gasteiger partial charge in [-0.15, -0.1) is 0 Å². The number of anilines is 1. The van der Waals surface area contributed by atoms with Gasteiger partial charge in [-0.3, -0.25) is 9.13 Å². The predicted octanol–water partition coefficient (Wildman–Crippen LogP) is 2.35. The third-order valence-electron chi connectivity index (χ3n) is 5.68. The zero-order valence-corrected chi connectivity index (χ0v) is 21.7. The Morgan fingerprint density at radius 1 is 1.16 bits per heavy atom. The Balaban J connectivity index is 1.55. The topological polar surface area (TPSA) is 196 Å². The SMILES string of the molecule is C[C@H](Nc1nc(Cl)nc2c1ccn2[C@@H]1O[C@H](COP(=O)(O)CP(=O)(O)O)[C@@H](O)[C@H]1O)c1ccc(F)cc1. The first-order valence-electron chi connectivity index (χ1n) is 10.8. The van der Waals surface area contributed by atoms with Gasteiger partial charge in [0.25, 0.3) is 0 Å². The van der Waals surface area contributed by atoms with E-state index < -0.39 is 52.2 Å². The van der Waals surface area contributed by atoms with Crippen LogP contribution in [-0.2, 0) is 18.4 Å². The Bertz CT molecular complexity index is 1370. The number of aliphatic hydroxyl groups is 2. The fourth-order valence-corrected chi connectivity index (χ4v) is 6.66. The van der Waals surface area contributed by atoms with E-state index in [0.29, 0.717) is 11.2 Å². The van der Waals surface area contributed by atoms with Crippen LogP contribution in [-0.4, -0.2) is 70.3 Å². The van der Waals surface area contributed by atoms with Crippen LogP contribution in [0, 0.1) is 5.82 Å². The molecular formula is C20H24ClFN4O9P2. The summed E-state index contributed by atoms with van der Waals surface area (Å²) in [4.78, 5) is 35.9. The molecule has 37 heavy (non-hydrogen) atoms. The number of hydrogen-bond acceptors (Lipinski definition) is 9. The van der Waals surface area contributed by atoms with Crippen molar-refractivity contribution < 1.29 is 47.7 Å². The maximum absolute atomic E-state index is 13.3. The molecule has 0 saturated carbocycles. The summed E-state index contributed by atoms with van der Waals surface area (Å²) in [6.45, 7) is 1.11. The van der Waals surface area contributed by atoms with Crippen molar-refractivity contribution in [1.82, 2.24) is 14.5 Å². The zero-order chi connectivity index (χ0) is 27.1. The molecule has 17 heteroatoms. The monoisotopic (exact) mass is 580 g/mol. The molecule has 4 rings (SSSR count). The highest BCUT2D eigenvalue weighted by atomic mass is 35.5. The molecule has 6 atom stereocenters. The molecule has 0 amide bonds. The Kier molecular flexibility index (Phi) is 8.08. The summed E-state index contributed by atoms with van der Waals surface area (Å²) in [7, 11) is -9.54. The fourth-order valence-electron chi connectivity index (χ4n) is 3.92. The Labute approximate surface area is 214 Å². The van der Waals surface area contributed by atoms with Crippen molar-refractivity contribution in [3.63, 3.8) is 0 Å². The van der Waals surface area contributed by atoms with Gasteiger partial charge in [-0.05, 0) is 42.3 Å². The minimum Gasteiger partial charge on any atom is -0.387 e. The molecule has 1 unspecified atom stereocenters. The van der Waals surface area contributed by atoms with E-state index in [1.165, 1.54) is 22.9 Å². The first-order chi connectivity index (χ1) is 17.2. The number of aliphatic hydroxyl groups excluding tert-OH is 2. The number of halogens is 2. The van der Waals surface area contributed by atoms with Gasteiger partial charge in [0, 0.05) is 12.2 Å².